The van der Waals surface area contributed by atoms with E-state index in [2.05, 4.69) is 15.3 Å². The Morgan fingerprint density at radius 1 is 1.12 bits per heavy atom. The minimum absolute atomic E-state index is 0.000700. The van der Waals surface area contributed by atoms with Crippen molar-refractivity contribution in [3.63, 3.8) is 0 Å². The zero-order valence-corrected chi connectivity index (χ0v) is 19.2. The highest BCUT2D eigenvalue weighted by Gasteiger charge is 2.36. The summed E-state index contributed by atoms with van der Waals surface area (Å²) in [6.45, 7) is 4.36. The molecule has 4 rings (SSSR count). The Kier molecular flexibility index (Phi) is 6.86. The lowest BCUT2D eigenvalue weighted by Crippen LogP contribution is -2.57. The number of carbonyl (C=O) groups excluding carboxylic acids is 2. The largest absolute Gasteiger partial charge is 0.437 e. The number of nitrogens with zero attached hydrogens (tertiary/aromatic N) is 3. The summed E-state index contributed by atoms with van der Waals surface area (Å²) in [6.07, 6.45) is 4.93. The van der Waals surface area contributed by atoms with E-state index >= 15 is 0 Å². The number of benzene rings is 2. The Morgan fingerprint density at radius 2 is 1.91 bits per heavy atom. The Balaban J connectivity index is 1.43. The zero-order valence-electron chi connectivity index (χ0n) is 19.2. The fourth-order valence-electron chi connectivity index (χ4n) is 4.06. The lowest BCUT2D eigenvalue weighted by atomic mass is 9.92. The molecule has 1 N–H and O–H groups in total. The number of likely N-dealkylation sites (tertiary alicyclic amines) is 1. The van der Waals surface area contributed by atoms with Gasteiger partial charge in [-0.15, -0.1) is 0 Å². The van der Waals surface area contributed by atoms with E-state index in [1.165, 1.54) is 18.2 Å². The number of carbonyl (C=O) groups is 2. The number of halogens is 1. The average Bonchev–Trinajstić information content (AvgIpc) is 2.84. The predicted octanol–water partition coefficient (Wildman–Crippen LogP) is 4.32. The summed E-state index contributed by atoms with van der Waals surface area (Å²) >= 11 is 0. The van der Waals surface area contributed by atoms with Gasteiger partial charge in [0, 0.05) is 30.8 Å². The van der Waals surface area contributed by atoms with Crippen molar-refractivity contribution in [2.45, 2.75) is 38.1 Å². The first-order valence-corrected chi connectivity index (χ1v) is 11.2. The Labute approximate surface area is 198 Å². The van der Waals surface area contributed by atoms with Crippen LogP contribution in [0.15, 0.2) is 67.0 Å². The number of rotatable bonds is 6. The molecule has 1 fully saturated rings. The van der Waals surface area contributed by atoms with E-state index in [9.17, 15) is 14.0 Å². The van der Waals surface area contributed by atoms with Crippen LogP contribution in [0.3, 0.4) is 0 Å². The van der Waals surface area contributed by atoms with E-state index in [-0.39, 0.29) is 17.4 Å². The van der Waals surface area contributed by atoms with Gasteiger partial charge in [0.25, 0.3) is 5.91 Å². The van der Waals surface area contributed by atoms with Crippen molar-refractivity contribution in [2.75, 3.05) is 13.1 Å². The lowest BCUT2D eigenvalue weighted by molar-refractivity contribution is -0.138. The Hall–Kier alpha value is -3.81. The second-order valence-electron chi connectivity index (χ2n) is 8.88. The van der Waals surface area contributed by atoms with Gasteiger partial charge in [0.15, 0.2) is 0 Å². The molecule has 2 heterocycles. The maximum Gasteiger partial charge on any atom is 0.252 e. The first-order valence-electron chi connectivity index (χ1n) is 11.2. The minimum atomic E-state index is -1.16. The molecular weight excluding hydrogens is 435 g/mol. The first-order chi connectivity index (χ1) is 16.3. The maximum atomic E-state index is 13.5. The normalized spacial score (nSPS) is 16.1. The highest BCUT2D eigenvalue weighted by molar-refractivity contribution is 5.99. The van der Waals surface area contributed by atoms with Crippen LogP contribution in [0.4, 0.5) is 4.39 Å². The molecule has 7 nitrogen and oxygen atoms in total. The van der Waals surface area contributed by atoms with Gasteiger partial charge in [-0.1, -0.05) is 24.3 Å². The van der Waals surface area contributed by atoms with Gasteiger partial charge < -0.3 is 15.0 Å². The molecule has 0 bridgehead atoms. The standard InChI is InChI=1S/C26H27FN4O3/c1-26(2,30-24(32)18-8-6-10-20(27)14-18)25(33)31-13-7-9-19(17-31)22-15-28-16-23(29-22)34-21-11-4-3-5-12-21/h3-6,8,10-12,14-16,19H,7,9,13,17H2,1-2H3,(H,30,32). The van der Waals surface area contributed by atoms with Gasteiger partial charge in [-0.3, -0.25) is 14.6 Å². The van der Waals surface area contributed by atoms with Crippen molar-refractivity contribution < 1.29 is 18.7 Å². The van der Waals surface area contributed by atoms with Gasteiger partial charge in [0.1, 0.15) is 17.1 Å². The quantitative estimate of drug-likeness (QED) is 0.590. The molecule has 0 spiro atoms. The molecule has 2 amide bonds. The molecule has 3 aromatic rings. The molecule has 1 unspecified atom stereocenters. The highest BCUT2D eigenvalue weighted by Crippen LogP contribution is 2.28. The fourth-order valence-corrected chi connectivity index (χ4v) is 4.06. The molecule has 2 aromatic carbocycles. The van der Waals surface area contributed by atoms with Crippen LogP contribution in [0, 0.1) is 5.82 Å². The molecule has 0 saturated carbocycles. The molecule has 1 saturated heterocycles. The van der Waals surface area contributed by atoms with Gasteiger partial charge in [-0.2, -0.15) is 0 Å². The van der Waals surface area contributed by atoms with Crippen LogP contribution in [0.5, 0.6) is 11.6 Å². The Bertz CT molecular complexity index is 1170. The van der Waals surface area contributed by atoms with Crippen molar-refractivity contribution in [2.24, 2.45) is 0 Å². The minimum Gasteiger partial charge on any atom is -0.437 e. The molecule has 34 heavy (non-hydrogen) atoms. The smallest absolute Gasteiger partial charge is 0.252 e. The monoisotopic (exact) mass is 462 g/mol. The number of hydrogen-bond acceptors (Lipinski definition) is 5. The van der Waals surface area contributed by atoms with Crippen molar-refractivity contribution >= 4 is 11.8 Å². The number of aromatic nitrogens is 2. The van der Waals surface area contributed by atoms with Crippen molar-refractivity contribution in [3.05, 3.63) is 84.1 Å². The molecule has 1 atom stereocenters. The fraction of sp³-hybridized carbons (Fsp3) is 0.308. The zero-order chi connectivity index (χ0) is 24.1. The number of hydrogen-bond donors (Lipinski definition) is 1. The number of amides is 2. The van der Waals surface area contributed by atoms with Gasteiger partial charge in [0.05, 0.1) is 11.9 Å². The predicted molar refractivity (Wildman–Crippen MR) is 125 cm³/mol. The molecule has 0 aliphatic carbocycles. The van der Waals surface area contributed by atoms with Crippen molar-refractivity contribution in [3.8, 4) is 11.6 Å². The summed E-state index contributed by atoms with van der Waals surface area (Å²) in [5, 5.41) is 2.74. The second-order valence-corrected chi connectivity index (χ2v) is 8.88. The van der Waals surface area contributed by atoms with E-state index in [1.807, 2.05) is 30.3 Å². The highest BCUT2D eigenvalue weighted by atomic mass is 19.1. The van der Waals surface area contributed by atoms with Gasteiger partial charge >= 0.3 is 0 Å². The summed E-state index contributed by atoms with van der Waals surface area (Å²) in [5.74, 6) is -0.135. The lowest BCUT2D eigenvalue weighted by Gasteiger charge is -2.37. The topological polar surface area (TPSA) is 84.4 Å². The molecule has 1 aliphatic rings. The van der Waals surface area contributed by atoms with Crippen LogP contribution in [0.1, 0.15) is 48.7 Å². The number of nitrogens with one attached hydrogen (secondary N) is 1. The molecule has 0 radical (unpaired) electrons. The number of ether oxygens (including phenoxy) is 1. The third-order valence-electron chi connectivity index (χ3n) is 5.77. The number of para-hydroxylation sites is 1. The van der Waals surface area contributed by atoms with Crippen LogP contribution in [0.2, 0.25) is 0 Å². The van der Waals surface area contributed by atoms with Crippen molar-refractivity contribution in [1.29, 1.82) is 0 Å². The van der Waals surface area contributed by atoms with E-state index in [4.69, 9.17) is 4.74 Å². The molecule has 1 aromatic heterocycles. The summed E-state index contributed by atoms with van der Waals surface area (Å²) < 4.78 is 19.3. The Morgan fingerprint density at radius 3 is 2.68 bits per heavy atom. The van der Waals surface area contributed by atoms with E-state index in [0.717, 1.165) is 24.6 Å². The third kappa shape index (κ3) is 5.57. The molecule has 1 aliphatic heterocycles. The third-order valence-corrected chi connectivity index (χ3v) is 5.77. The van der Waals surface area contributed by atoms with Crippen molar-refractivity contribution in [1.82, 2.24) is 20.2 Å². The first kappa shape index (κ1) is 23.4. The number of piperidine rings is 1. The summed E-state index contributed by atoms with van der Waals surface area (Å²) in [5.41, 5.74) is -0.231. The second kappa shape index (κ2) is 9.99. The SMILES string of the molecule is CC(C)(NC(=O)c1cccc(F)c1)C(=O)N1CCCC(c2cncc(Oc3ccccc3)n2)C1. The van der Waals surface area contributed by atoms with Gasteiger partial charge in [-0.25, -0.2) is 9.37 Å². The van der Waals surface area contributed by atoms with Crippen LogP contribution in [-0.4, -0.2) is 45.3 Å². The summed E-state index contributed by atoms with van der Waals surface area (Å²) in [4.78, 5) is 36.5. The van der Waals surface area contributed by atoms with Crippen LogP contribution in [-0.2, 0) is 4.79 Å². The maximum absolute atomic E-state index is 13.5. The molecule has 8 heteroatoms. The average molecular weight is 463 g/mol. The van der Waals surface area contributed by atoms with Crippen LogP contribution >= 0.6 is 0 Å². The van der Waals surface area contributed by atoms with Crippen LogP contribution < -0.4 is 10.1 Å². The van der Waals surface area contributed by atoms with Gasteiger partial charge in [0.2, 0.25) is 11.8 Å². The van der Waals surface area contributed by atoms with E-state index < -0.39 is 17.3 Å². The summed E-state index contributed by atoms with van der Waals surface area (Å²) in [6, 6.07) is 14.7. The van der Waals surface area contributed by atoms with Crippen LogP contribution in [0.25, 0.3) is 0 Å². The molecule has 176 valence electrons. The van der Waals surface area contributed by atoms with Gasteiger partial charge in [-0.05, 0) is 57.0 Å². The molecular formula is C26H27FN4O3. The summed E-state index contributed by atoms with van der Waals surface area (Å²) in [7, 11) is 0. The van der Waals surface area contributed by atoms with E-state index in [1.54, 1.807) is 31.1 Å². The van der Waals surface area contributed by atoms with E-state index in [0.29, 0.717) is 24.7 Å².